The standard InChI is InChI=1S/C43H73O8P/c1-3-5-7-9-11-13-15-17-19-20-21-22-24-26-28-30-32-34-36-38-43(45)51-41(40-50-52(46,47)48)39-49-42(44)37-35-33-31-29-27-25-23-18-16-14-12-10-8-6-4-2/h4-5,7,11,13,17,19,21-22,26,28,41H,2-3,6,8-10,12,14-16,18,20,23-25,27,29-40H2,1H3,(H2,46,47,48)/b7-5+,13-11+,19-17+,22-21+,28-26+/t41-/m1/s1. The van der Waals surface area contributed by atoms with Gasteiger partial charge in [0.2, 0.25) is 0 Å². The third kappa shape index (κ3) is 40.3. The van der Waals surface area contributed by atoms with Crippen molar-refractivity contribution in [3.63, 3.8) is 0 Å². The van der Waals surface area contributed by atoms with Crippen LogP contribution in [0.1, 0.15) is 167 Å². The minimum atomic E-state index is -4.77. The zero-order valence-corrected chi connectivity index (χ0v) is 33.4. The van der Waals surface area contributed by atoms with Gasteiger partial charge in [-0.15, -0.1) is 6.58 Å². The second kappa shape index (κ2) is 38.2. The summed E-state index contributed by atoms with van der Waals surface area (Å²) < 4.78 is 26.3. The van der Waals surface area contributed by atoms with Gasteiger partial charge in [-0.25, -0.2) is 4.57 Å². The van der Waals surface area contributed by atoms with Crippen molar-refractivity contribution in [2.75, 3.05) is 13.2 Å². The smallest absolute Gasteiger partial charge is 0.462 e. The van der Waals surface area contributed by atoms with Gasteiger partial charge in [0, 0.05) is 12.8 Å². The summed E-state index contributed by atoms with van der Waals surface area (Å²) in [6.45, 7) is 5.05. The Kier molecular flexibility index (Phi) is 36.4. The molecule has 0 heterocycles. The molecule has 0 rings (SSSR count). The Balaban J connectivity index is 4.01. The largest absolute Gasteiger partial charge is 0.469 e. The quantitative estimate of drug-likeness (QED) is 0.0279. The third-order valence-corrected chi connectivity index (χ3v) is 8.84. The molecule has 8 nitrogen and oxygen atoms in total. The van der Waals surface area contributed by atoms with Crippen LogP contribution in [0.2, 0.25) is 0 Å². The van der Waals surface area contributed by atoms with E-state index in [1.54, 1.807) is 0 Å². The Bertz CT molecular complexity index is 1060. The molecule has 0 aromatic heterocycles. The zero-order chi connectivity index (χ0) is 38.2. The number of ether oxygens (including phenoxy) is 2. The number of esters is 2. The van der Waals surface area contributed by atoms with Gasteiger partial charge in [0.15, 0.2) is 6.10 Å². The Morgan fingerprint density at radius 1 is 0.558 bits per heavy atom. The van der Waals surface area contributed by atoms with Gasteiger partial charge < -0.3 is 19.3 Å². The summed E-state index contributed by atoms with van der Waals surface area (Å²) in [5.74, 6) is -0.929. The molecule has 0 bridgehead atoms. The highest BCUT2D eigenvalue weighted by molar-refractivity contribution is 7.46. The first-order chi connectivity index (χ1) is 25.3. The molecule has 9 heteroatoms. The monoisotopic (exact) mass is 749 g/mol. The van der Waals surface area contributed by atoms with E-state index in [-0.39, 0.29) is 19.4 Å². The Morgan fingerprint density at radius 2 is 0.962 bits per heavy atom. The van der Waals surface area contributed by atoms with E-state index in [1.165, 1.54) is 57.8 Å². The van der Waals surface area contributed by atoms with E-state index < -0.39 is 32.5 Å². The SMILES string of the molecule is C=CCCCCCCCCCCCCCCCC(=O)OC[C@H](COP(=O)(O)O)OC(=O)CCCCC/C=C/C/C=C/C/C=C/C/C=C/C/C=C/CC. The lowest BCUT2D eigenvalue weighted by molar-refractivity contribution is -0.161. The van der Waals surface area contributed by atoms with Crippen molar-refractivity contribution < 1.29 is 37.9 Å². The molecule has 0 aromatic carbocycles. The fraction of sp³-hybridized carbons (Fsp3) is 0.674. The Morgan fingerprint density at radius 3 is 1.44 bits per heavy atom. The van der Waals surface area contributed by atoms with Crippen LogP contribution in [-0.4, -0.2) is 41.0 Å². The van der Waals surface area contributed by atoms with E-state index in [0.29, 0.717) is 12.8 Å². The van der Waals surface area contributed by atoms with Crippen LogP contribution >= 0.6 is 7.82 Å². The lowest BCUT2D eigenvalue weighted by Crippen LogP contribution is -2.29. The van der Waals surface area contributed by atoms with Crippen LogP contribution in [0, 0.1) is 0 Å². The number of hydrogen-bond acceptors (Lipinski definition) is 6. The van der Waals surface area contributed by atoms with Crippen molar-refractivity contribution in [2.45, 2.75) is 174 Å². The van der Waals surface area contributed by atoms with Gasteiger partial charge in [-0.3, -0.25) is 14.1 Å². The molecule has 0 saturated heterocycles. The number of rotatable bonds is 37. The van der Waals surface area contributed by atoms with Gasteiger partial charge in [0.25, 0.3) is 0 Å². The number of phosphoric ester groups is 1. The van der Waals surface area contributed by atoms with Crippen molar-refractivity contribution in [1.82, 2.24) is 0 Å². The number of phosphoric acid groups is 1. The van der Waals surface area contributed by atoms with Crippen molar-refractivity contribution in [3.8, 4) is 0 Å². The molecular weight excluding hydrogens is 675 g/mol. The molecule has 0 spiro atoms. The van der Waals surface area contributed by atoms with Crippen molar-refractivity contribution in [1.29, 1.82) is 0 Å². The van der Waals surface area contributed by atoms with E-state index in [2.05, 4.69) is 78.8 Å². The first-order valence-electron chi connectivity index (χ1n) is 20.2. The summed E-state index contributed by atoms with van der Waals surface area (Å²) in [6, 6.07) is 0. The molecular formula is C43H73O8P. The number of hydrogen-bond donors (Lipinski definition) is 2. The summed E-state index contributed by atoms with van der Waals surface area (Å²) in [7, 11) is -4.77. The predicted molar refractivity (Wildman–Crippen MR) is 216 cm³/mol. The first kappa shape index (κ1) is 49.5. The lowest BCUT2D eigenvalue weighted by atomic mass is 10.0. The molecule has 0 radical (unpaired) electrons. The van der Waals surface area contributed by atoms with Crippen molar-refractivity contribution >= 4 is 19.8 Å². The second-order valence-electron chi connectivity index (χ2n) is 13.3. The molecule has 298 valence electrons. The van der Waals surface area contributed by atoms with Crippen molar-refractivity contribution in [2.24, 2.45) is 0 Å². The lowest BCUT2D eigenvalue weighted by Gasteiger charge is -2.18. The van der Waals surface area contributed by atoms with E-state index >= 15 is 0 Å². The maximum atomic E-state index is 12.4. The average molecular weight is 749 g/mol. The summed E-state index contributed by atoms with van der Waals surface area (Å²) in [6.07, 6.45) is 48.0. The van der Waals surface area contributed by atoms with Gasteiger partial charge in [-0.05, 0) is 70.6 Å². The highest BCUT2D eigenvalue weighted by Gasteiger charge is 2.22. The molecule has 2 N–H and O–H groups in total. The summed E-state index contributed by atoms with van der Waals surface area (Å²) in [5, 5.41) is 0. The number of allylic oxidation sites excluding steroid dienone is 11. The normalized spacial score (nSPS) is 13.0. The number of carbonyl (C=O) groups is 2. The van der Waals surface area contributed by atoms with Crippen LogP contribution in [0.4, 0.5) is 0 Å². The molecule has 0 amide bonds. The minimum Gasteiger partial charge on any atom is -0.462 e. The van der Waals surface area contributed by atoms with E-state index in [0.717, 1.165) is 77.0 Å². The molecule has 0 unspecified atom stereocenters. The molecule has 0 fully saturated rings. The predicted octanol–water partition coefficient (Wildman–Crippen LogP) is 12.3. The molecule has 0 saturated carbocycles. The van der Waals surface area contributed by atoms with E-state index in [9.17, 15) is 14.2 Å². The van der Waals surface area contributed by atoms with Crippen LogP contribution in [-0.2, 0) is 28.2 Å². The van der Waals surface area contributed by atoms with Gasteiger partial charge in [-0.1, -0.05) is 151 Å². The van der Waals surface area contributed by atoms with Crippen LogP contribution < -0.4 is 0 Å². The molecule has 0 aliphatic carbocycles. The first-order valence-corrected chi connectivity index (χ1v) is 21.7. The summed E-state index contributed by atoms with van der Waals surface area (Å²) >= 11 is 0. The molecule has 52 heavy (non-hydrogen) atoms. The number of carbonyl (C=O) groups excluding carboxylic acids is 2. The summed E-state index contributed by atoms with van der Waals surface area (Å²) in [5.41, 5.74) is 0. The zero-order valence-electron chi connectivity index (χ0n) is 32.5. The number of unbranched alkanes of at least 4 members (excludes halogenated alkanes) is 16. The average Bonchev–Trinajstić information content (AvgIpc) is 3.11. The maximum Gasteiger partial charge on any atom is 0.469 e. The molecule has 0 aliphatic rings. The molecule has 1 atom stereocenters. The van der Waals surface area contributed by atoms with Gasteiger partial charge >= 0.3 is 19.8 Å². The van der Waals surface area contributed by atoms with Crippen LogP contribution in [0.5, 0.6) is 0 Å². The van der Waals surface area contributed by atoms with Gasteiger partial charge in [-0.2, -0.15) is 0 Å². The Labute approximate surface area is 317 Å². The van der Waals surface area contributed by atoms with Crippen molar-refractivity contribution in [3.05, 3.63) is 73.4 Å². The van der Waals surface area contributed by atoms with Crippen LogP contribution in [0.3, 0.4) is 0 Å². The minimum absolute atomic E-state index is 0.169. The van der Waals surface area contributed by atoms with Gasteiger partial charge in [0.05, 0.1) is 6.61 Å². The highest BCUT2D eigenvalue weighted by atomic mass is 31.2. The maximum absolute atomic E-state index is 12.4. The third-order valence-electron chi connectivity index (χ3n) is 8.36. The highest BCUT2D eigenvalue weighted by Crippen LogP contribution is 2.36. The second-order valence-corrected chi connectivity index (χ2v) is 14.6. The van der Waals surface area contributed by atoms with Crippen LogP contribution in [0.25, 0.3) is 0 Å². The fourth-order valence-corrected chi connectivity index (χ4v) is 5.74. The topological polar surface area (TPSA) is 119 Å². The van der Waals surface area contributed by atoms with Gasteiger partial charge in [0.1, 0.15) is 6.61 Å². The fourth-order valence-electron chi connectivity index (χ4n) is 5.38. The molecule has 0 aliphatic heterocycles. The van der Waals surface area contributed by atoms with E-state index in [1.807, 2.05) is 6.08 Å². The summed E-state index contributed by atoms with van der Waals surface area (Å²) in [4.78, 5) is 42.8. The van der Waals surface area contributed by atoms with Crippen LogP contribution in [0.15, 0.2) is 73.4 Å². The van der Waals surface area contributed by atoms with E-state index in [4.69, 9.17) is 19.3 Å². The Hall–Kier alpha value is -2.51. The molecule has 0 aromatic rings.